The molecule has 0 bridgehead atoms. The number of rotatable bonds is 6. The Morgan fingerprint density at radius 2 is 1.91 bits per heavy atom. The Hall–Kier alpha value is -2.40. The summed E-state index contributed by atoms with van der Waals surface area (Å²) in [6, 6.07) is 6.18. The Morgan fingerprint density at radius 1 is 1.19 bits per heavy atom. The van der Waals surface area contributed by atoms with Crippen LogP contribution in [0.3, 0.4) is 0 Å². The molecule has 11 heteroatoms. The van der Waals surface area contributed by atoms with Crippen molar-refractivity contribution in [1.29, 1.82) is 0 Å². The average Bonchev–Trinajstić information content (AvgIpc) is 2.74. The van der Waals surface area contributed by atoms with Crippen LogP contribution < -0.4 is 16.0 Å². The van der Waals surface area contributed by atoms with Crippen LogP contribution in [0.1, 0.15) is 17.8 Å². The number of aromatic nitrogens is 2. The van der Waals surface area contributed by atoms with Gasteiger partial charge in [-0.3, -0.25) is 15.2 Å². The highest BCUT2D eigenvalue weighted by molar-refractivity contribution is 7.80. The van der Waals surface area contributed by atoms with Gasteiger partial charge in [0, 0.05) is 43.3 Å². The number of aliphatic imine (C=N–C) groups is 1. The Labute approximate surface area is 197 Å². The largest absolute Gasteiger partial charge is 0.379 e. The maximum absolute atomic E-state index is 13.4. The number of benzene rings is 1. The quantitative estimate of drug-likeness (QED) is 0.252. The van der Waals surface area contributed by atoms with E-state index in [0.29, 0.717) is 24.1 Å². The third kappa shape index (κ3) is 7.94. The van der Waals surface area contributed by atoms with Gasteiger partial charge in [-0.25, -0.2) is 14.4 Å². The third-order valence-corrected chi connectivity index (χ3v) is 5.12. The summed E-state index contributed by atoms with van der Waals surface area (Å²) < 4.78 is 18.8. The van der Waals surface area contributed by atoms with Gasteiger partial charge in [0.05, 0.1) is 18.2 Å². The minimum absolute atomic E-state index is 0.0107. The molecule has 8 nitrogen and oxygen atoms in total. The summed E-state index contributed by atoms with van der Waals surface area (Å²) in [5.74, 6) is 0.351. The van der Waals surface area contributed by atoms with Gasteiger partial charge in [-0.05, 0) is 56.8 Å². The Balaban J connectivity index is 1.63. The number of thiocarbonyl (C=S) groups is 1. The van der Waals surface area contributed by atoms with Crippen molar-refractivity contribution in [2.24, 2.45) is 4.99 Å². The second-order valence-corrected chi connectivity index (χ2v) is 8.16. The van der Waals surface area contributed by atoms with Crippen molar-refractivity contribution in [1.82, 2.24) is 20.2 Å². The molecule has 0 saturated carbocycles. The maximum Gasteiger partial charge on any atom is 0.229 e. The average molecular weight is 480 g/mol. The van der Waals surface area contributed by atoms with Crippen molar-refractivity contribution < 1.29 is 9.13 Å². The molecule has 0 amide bonds. The lowest BCUT2D eigenvalue weighted by atomic mass is 10.3. The molecule has 2 heterocycles. The molecule has 0 aliphatic carbocycles. The number of halogens is 2. The molecule has 1 aliphatic rings. The number of nitrogens with zero attached hydrogens (tertiary/aromatic N) is 4. The monoisotopic (exact) mass is 479 g/mol. The highest BCUT2D eigenvalue weighted by Crippen LogP contribution is 2.19. The molecule has 172 valence electrons. The predicted octanol–water partition coefficient (Wildman–Crippen LogP) is 3.36. The first-order chi connectivity index (χ1) is 15.4. The molecule has 1 saturated heterocycles. The van der Waals surface area contributed by atoms with E-state index in [1.165, 1.54) is 12.1 Å². The van der Waals surface area contributed by atoms with Gasteiger partial charge in [0.1, 0.15) is 5.82 Å². The van der Waals surface area contributed by atoms with Crippen LogP contribution in [0.2, 0.25) is 5.02 Å². The van der Waals surface area contributed by atoms with Gasteiger partial charge in [-0.15, -0.1) is 0 Å². The second kappa shape index (κ2) is 12.0. The zero-order chi connectivity index (χ0) is 22.9. The van der Waals surface area contributed by atoms with Crippen molar-refractivity contribution in [3.8, 4) is 0 Å². The van der Waals surface area contributed by atoms with E-state index >= 15 is 0 Å². The molecule has 1 aromatic carbocycles. The Kier molecular flexibility index (Phi) is 9.10. The number of hydrogen-bond acceptors (Lipinski definition) is 6. The van der Waals surface area contributed by atoms with Gasteiger partial charge in [-0.1, -0.05) is 11.6 Å². The molecule has 1 fully saturated rings. The van der Waals surface area contributed by atoms with Crippen LogP contribution in [0.5, 0.6) is 0 Å². The van der Waals surface area contributed by atoms with E-state index < -0.39 is 5.82 Å². The van der Waals surface area contributed by atoms with E-state index in [0.717, 1.165) is 50.7 Å². The van der Waals surface area contributed by atoms with Crippen LogP contribution in [0.4, 0.5) is 16.0 Å². The first kappa shape index (κ1) is 24.2. The lowest BCUT2D eigenvalue weighted by Crippen LogP contribution is -2.39. The summed E-state index contributed by atoms with van der Waals surface area (Å²) in [6.07, 6.45) is 0.883. The summed E-state index contributed by atoms with van der Waals surface area (Å²) in [5.41, 5.74) is 2.24. The lowest BCUT2D eigenvalue weighted by molar-refractivity contribution is 0.0377. The van der Waals surface area contributed by atoms with Crippen molar-refractivity contribution >= 4 is 46.5 Å². The fraction of sp³-hybridized carbons (Fsp3) is 0.429. The van der Waals surface area contributed by atoms with E-state index in [2.05, 4.69) is 35.8 Å². The van der Waals surface area contributed by atoms with Crippen LogP contribution in [0.15, 0.2) is 29.3 Å². The molecule has 0 spiro atoms. The molecule has 32 heavy (non-hydrogen) atoms. The van der Waals surface area contributed by atoms with Crippen LogP contribution in [-0.4, -0.2) is 65.3 Å². The van der Waals surface area contributed by atoms with E-state index in [9.17, 15) is 4.39 Å². The molecule has 3 N–H and O–H groups in total. The molecular weight excluding hydrogens is 453 g/mol. The van der Waals surface area contributed by atoms with Gasteiger partial charge in [0.15, 0.2) is 5.11 Å². The number of morpholine rings is 1. The van der Waals surface area contributed by atoms with Crippen molar-refractivity contribution in [3.63, 3.8) is 0 Å². The molecule has 0 radical (unpaired) electrons. The Morgan fingerprint density at radius 3 is 2.59 bits per heavy atom. The van der Waals surface area contributed by atoms with E-state index in [1.54, 1.807) is 6.07 Å². The summed E-state index contributed by atoms with van der Waals surface area (Å²) in [7, 11) is 0. The minimum Gasteiger partial charge on any atom is -0.379 e. The maximum atomic E-state index is 13.4. The fourth-order valence-electron chi connectivity index (χ4n) is 3.15. The molecule has 0 atom stereocenters. The molecule has 1 aromatic heterocycles. The van der Waals surface area contributed by atoms with Gasteiger partial charge in [-0.2, -0.15) is 0 Å². The first-order valence-corrected chi connectivity index (χ1v) is 11.1. The normalized spacial score (nSPS) is 14.8. The predicted molar refractivity (Wildman–Crippen MR) is 130 cm³/mol. The fourth-order valence-corrected chi connectivity index (χ4v) is 3.55. The zero-order valence-corrected chi connectivity index (χ0v) is 19.7. The number of anilines is 2. The molecule has 1 aliphatic heterocycles. The smallest absolute Gasteiger partial charge is 0.229 e. The second-order valence-electron chi connectivity index (χ2n) is 7.35. The van der Waals surface area contributed by atoms with Crippen LogP contribution >= 0.6 is 23.8 Å². The third-order valence-electron chi connectivity index (χ3n) is 4.63. The number of guanidine groups is 1. The molecule has 3 rings (SSSR count). The number of hydrogen-bond donors (Lipinski definition) is 3. The first-order valence-electron chi connectivity index (χ1n) is 10.4. The molecule has 2 aromatic rings. The highest BCUT2D eigenvalue weighted by Gasteiger charge is 2.11. The standard InChI is InChI=1S/C21H27ClFN7OS/c1-14-12-15(2)26-20(25-14)28-19(24-6-3-7-30-8-10-31-11-9-30)29-21(32)27-16-4-5-18(23)17(22)13-16/h4-5,12-13H,3,6-11H2,1-2H3,(H3,24,25,26,27,28,29,32). The van der Waals surface area contributed by atoms with Crippen LogP contribution in [0.25, 0.3) is 0 Å². The Bertz CT molecular complexity index is 949. The van der Waals surface area contributed by atoms with E-state index in [4.69, 9.17) is 28.6 Å². The molecular formula is C21H27ClFN7OS. The summed E-state index contributed by atoms with van der Waals surface area (Å²) in [6.45, 7) is 8.76. The van der Waals surface area contributed by atoms with E-state index in [-0.39, 0.29) is 10.1 Å². The van der Waals surface area contributed by atoms with Gasteiger partial charge in [0.25, 0.3) is 0 Å². The topological polar surface area (TPSA) is 86.7 Å². The van der Waals surface area contributed by atoms with Crippen LogP contribution in [-0.2, 0) is 4.74 Å². The summed E-state index contributed by atoms with van der Waals surface area (Å²) >= 11 is 11.2. The number of aryl methyl sites for hydroxylation is 2. The van der Waals surface area contributed by atoms with Crippen molar-refractivity contribution in [2.45, 2.75) is 20.3 Å². The minimum atomic E-state index is -0.493. The number of nitrogens with one attached hydrogen (secondary N) is 3. The molecule has 0 unspecified atom stereocenters. The highest BCUT2D eigenvalue weighted by atomic mass is 35.5. The number of ether oxygens (including phenoxy) is 1. The van der Waals surface area contributed by atoms with Crippen LogP contribution in [0, 0.1) is 19.7 Å². The lowest BCUT2D eigenvalue weighted by Gasteiger charge is -2.26. The van der Waals surface area contributed by atoms with Gasteiger partial charge in [0.2, 0.25) is 11.9 Å². The van der Waals surface area contributed by atoms with Gasteiger partial charge >= 0.3 is 0 Å². The SMILES string of the molecule is Cc1cc(C)nc(NC(=NCCCN2CCOCC2)NC(=S)Nc2ccc(F)c(Cl)c2)n1. The van der Waals surface area contributed by atoms with E-state index in [1.807, 2.05) is 19.9 Å². The van der Waals surface area contributed by atoms with Crippen molar-refractivity contribution in [3.05, 3.63) is 46.5 Å². The zero-order valence-electron chi connectivity index (χ0n) is 18.1. The van der Waals surface area contributed by atoms with Crippen molar-refractivity contribution in [2.75, 3.05) is 50.0 Å². The van der Waals surface area contributed by atoms with Gasteiger partial charge < -0.3 is 15.4 Å². The summed E-state index contributed by atoms with van der Waals surface area (Å²) in [4.78, 5) is 15.8. The summed E-state index contributed by atoms with van der Waals surface area (Å²) in [5, 5.41) is 9.40.